The van der Waals surface area contributed by atoms with Gasteiger partial charge in [0, 0.05) is 22.8 Å². The lowest BCUT2D eigenvalue weighted by molar-refractivity contribution is -0.624. The van der Waals surface area contributed by atoms with Crippen molar-refractivity contribution in [2.45, 2.75) is 39.1 Å². The number of aliphatic imine (C=N–C) groups is 2. The van der Waals surface area contributed by atoms with Crippen LogP contribution in [0, 0.1) is 5.41 Å². The van der Waals surface area contributed by atoms with Gasteiger partial charge in [-0.05, 0) is 72.2 Å². The summed E-state index contributed by atoms with van der Waals surface area (Å²) in [7, 11) is 0. The number of benzene rings is 3. The van der Waals surface area contributed by atoms with E-state index in [0.717, 1.165) is 46.8 Å². The van der Waals surface area contributed by atoms with Crippen LogP contribution in [0.4, 0.5) is 0 Å². The number of nitrogens with zero attached hydrogens (tertiary/aromatic N) is 2. The lowest BCUT2D eigenvalue weighted by Crippen LogP contribution is -2.90. The van der Waals surface area contributed by atoms with E-state index in [0.29, 0.717) is 0 Å². The molecule has 3 aromatic carbocycles. The molecule has 0 radical (unpaired) electrons. The Hall–Kier alpha value is -4.74. The van der Waals surface area contributed by atoms with Crippen molar-refractivity contribution in [3.05, 3.63) is 149 Å². The largest absolute Gasteiger partial charge is 0.444 e. The molecule has 0 saturated heterocycles. The molecule has 0 saturated carbocycles. The van der Waals surface area contributed by atoms with Crippen molar-refractivity contribution < 1.29 is 10.1 Å². The molecule has 0 amide bonds. The minimum absolute atomic E-state index is 0.116. The molecule has 2 atom stereocenters. The Balaban J connectivity index is 1.29. The molecule has 3 aliphatic heterocycles. The van der Waals surface area contributed by atoms with E-state index in [1.807, 2.05) is 6.08 Å². The Morgan fingerprint density at radius 3 is 2.40 bits per heavy atom. The van der Waals surface area contributed by atoms with Gasteiger partial charge < -0.3 is 10.1 Å². The molecule has 2 unspecified atom stereocenters. The van der Waals surface area contributed by atoms with Gasteiger partial charge in [0.2, 0.25) is 0 Å². The van der Waals surface area contributed by atoms with Crippen LogP contribution >= 0.6 is 0 Å². The molecule has 0 bridgehead atoms. The van der Waals surface area contributed by atoms with E-state index in [1.54, 1.807) is 6.26 Å². The van der Waals surface area contributed by atoms with Crippen molar-refractivity contribution in [3.8, 4) is 0 Å². The highest BCUT2D eigenvalue weighted by atomic mass is 16.5. The fraction of sp³-hybridized carbons (Fsp3) is 0.189. The summed E-state index contributed by atoms with van der Waals surface area (Å²) in [5, 5.41) is 5.96. The number of hydrogen-bond acceptors (Lipinski definition) is 4. The molecular weight excluding hydrogens is 516 g/mol. The Bertz CT molecular complexity index is 1820. The van der Waals surface area contributed by atoms with Crippen LogP contribution in [0.1, 0.15) is 55.1 Å². The Kier molecular flexibility index (Phi) is 5.76. The molecule has 0 spiro atoms. The zero-order chi connectivity index (χ0) is 28.3. The summed E-state index contributed by atoms with van der Waals surface area (Å²) in [6.45, 7) is 4.64. The lowest BCUT2D eigenvalue weighted by Gasteiger charge is -2.33. The normalized spacial score (nSPS) is 23.6. The topological polar surface area (TPSA) is 62.6 Å². The molecule has 5 aliphatic rings. The smallest absolute Gasteiger partial charge is 0.278 e. The average Bonchev–Trinajstić information content (AvgIpc) is 3.50. The molecule has 5 nitrogen and oxygen atoms in total. The van der Waals surface area contributed by atoms with E-state index in [-0.39, 0.29) is 17.8 Å². The van der Waals surface area contributed by atoms with Gasteiger partial charge in [0.1, 0.15) is 17.6 Å². The van der Waals surface area contributed by atoms with Gasteiger partial charge in [-0.1, -0.05) is 84.9 Å². The van der Waals surface area contributed by atoms with Crippen molar-refractivity contribution in [2.24, 2.45) is 15.4 Å². The van der Waals surface area contributed by atoms with Crippen molar-refractivity contribution in [1.82, 2.24) is 5.32 Å². The molecule has 3 heterocycles. The first kappa shape index (κ1) is 25.0. The Morgan fingerprint density at radius 2 is 1.60 bits per heavy atom. The maximum Gasteiger partial charge on any atom is 0.278 e. The number of ether oxygens (including phenoxy) is 1. The van der Waals surface area contributed by atoms with Gasteiger partial charge in [0.15, 0.2) is 5.70 Å². The summed E-state index contributed by atoms with van der Waals surface area (Å²) in [5.74, 6) is 0. The second kappa shape index (κ2) is 9.68. The van der Waals surface area contributed by atoms with Crippen LogP contribution in [-0.2, 0) is 4.74 Å². The van der Waals surface area contributed by atoms with E-state index < -0.39 is 0 Å². The van der Waals surface area contributed by atoms with Crippen molar-refractivity contribution in [3.63, 3.8) is 0 Å². The third-order valence-electron chi connectivity index (χ3n) is 9.04. The summed E-state index contributed by atoms with van der Waals surface area (Å²) in [6.07, 6.45) is 10.0. The van der Waals surface area contributed by atoms with Crippen LogP contribution < -0.4 is 10.6 Å². The summed E-state index contributed by atoms with van der Waals surface area (Å²) in [6, 6.07) is 29.9. The number of nitrogens with two attached hydrogens (primary N) is 1. The molecule has 42 heavy (non-hydrogen) atoms. The first-order valence-corrected chi connectivity index (χ1v) is 14.8. The SMILES string of the molecule is CC1(C)C2=C(CCC(C3=NC(c4ccccc4)NC(c4ccccc4)=C3)=C2)c2ccccc2C2=C1N=C1C=COC1[NH2+]2. The Labute approximate surface area is 246 Å². The van der Waals surface area contributed by atoms with Gasteiger partial charge in [-0.15, -0.1) is 0 Å². The van der Waals surface area contributed by atoms with Gasteiger partial charge in [-0.2, -0.15) is 0 Å². The predicted octanol–water partition coefficient (Wildman–Crippen LogP) is 6.54. The number of nitrogens with one attached hydrogen (secondary N) is 1. The van der Waals surface area contributed by atoms with Crippen LogP contribution in [0.3, 0.4) is 0 Å². The molecule has 0 aromatic heterocycles. The molecule has 2 aliphatic carbocycles. The predicted molar refractivity (Wildman–Crippen MR) is 169 cm³/mol. The molecule has 3 N–H and O–H groups in total. The third kappa shape index (κ3) is 4.04. The van der Waals surface area contributed by atoms with E-state index in [4.69, 9.17) is 14.7 Å². The van der Waals surface area contributed by atoms with E-state index in [1.165, 1.54) is 33.5 Å². The number of quaternary nitrogens is 1. The lowest BCUT2D eigenvalue weighted by atomic mass is 9.73. The summed E-state index contributed by atoms with van der Waals surface area (Å²) >= 11 is 0. The second-order valence-corrected chi connectivity index (χ2v) is 12.0. The molecular formula is C37H33N4O+. The fourth-order valence-electron chi connectivity index (χ4n) is 6.86. The van der Waals surface area contributed by atoms with Crippen LogP contribution in [0.2, 0.25) is 0 Å². The number of hydrogen-bond donors (Lipinski definition) is 2. The van der Waals surface area contributed by atoms with Crippen LogP contribution in [0.5, 0.6) is 0 Å². The van der Waals surface area contributed by atoms with E-state index in [9.17, 15) is 0 Å². The highest BCUT2D eigenvalue weighted by Crippen LogP contribution is 2.51. The van der Waals surface area contributed by atoms with Gasteiger partial charge in [-0.25, -0.2) is 4.99 Å². The minimum atomic E-state index is -0.307. The quantitative estimate of drug-likeness (QED) is 0.390. The molecule has 8 rings (SSSR count). The number of fused-ring (bicyclic) bond motifs is 4. The van der Waals surface area contributed by atoms with Crippen LogP contribution in [0.15, 0.2) is 136 Å². The Morgan fingerprint density at radius 1 is 0.857 bits per heavy atom. The standard InChI is InChI=1S/C37H32N4O/c1-37(2)29-21-25(32-22-31(23-11-5-3-6-12-23)39-35(40-32)24-13-7-4-8-14-24)17-18-27(29)26-15-9-10-16-28(26)33-34(37)38-30-19-20-42-36(30)41-33/h3-16,19-22,35-36,39,41H,17-18H2,1-2H3/p+1. The molecule has 5 heteroatoms. The van der Waals surface area contributed by atoms with Crippen LogP contribution in [0.25, 0.3) is 17.0 Å². The zero-order valence-corrected chi connectivity index (χ0v) is 23.8. The molecule has 206 valence electrons. The van der Waals surface area contributed by atoms with Crippen molar-refractivity contribution >= 4 is 28.4 Å². The molecule has 3 aromatic rings. The maximum atomic E-state index is 5.88. The summed E-state index contributed by atoms with van der Waals surface area (Å²) in [4.78, 5) is 10.5. The first-order valence-electron chi connectivity index (χ1n) is 14.8. The maximum absolute atomic E-state index is 5.88. The highest BCUT2D eigenvalue weighted by Gasteiger charge is 2.44. The van der Waals surface area contributed by atoms with Gasteiger partial charge in [0.05, 0.1) is 12.0 Å². The monoisotopic (exact) mass is 549 g/mol. The third-order valence-corrected chi connectivity index (χ3v) is 9.04. The fourth-order valence-corrected chi connectivity index (χ4v) is 6.86. The second-order valence-electron chi connectivity index (χ2n) is 12.0. The van der Waals surface area contributed by atoms with Gasteiger partial charge in [-0.3, -0.25) is 10.3 Å². The van der Waals surface area contributed by atoms with E-state index in [2.05, 4.69) is 122 Å². The molecule has 0 fully saturated rings. The van der Waals surface area contributed by atoms with Crippen molar-refractivity contribution in [1.29, 1.82) is 0 Å². The van der Waals surface area contributed by atoms with E-state index >= 15 is 0 Å². The first-order chi connectivity index (χ1) is 20.6. The number of allylic oxidation sites excluding steroid dienone is 5. The minimum Gasteiger partial charge on any atom is -0.444 e. The van der Waals surface area contributed by atoms with Crippen molar-refractivity contribution in [2.75, 3.05) is 0 Å². The summed E-state index contributed by atoms with van der Waals surface area (Å²) < 4.78 is 5.88. The zero-order valence-electron chi connectivity index (χ0n) is 23.8. The van der Waals surface area contributed by atoms with Gasteiger partial charge in [0.25, 0.3) is 6.23 Å². The number of rotatable bonds is 3. The van der Waals surface area contributed by atoms with Gasteiger partial charge >= 0.3 is 0 Å². The average molecular weight is 550 g/mol. The summed E-state index contributed by atoms with van der Waals surface area (Å²) in [5.41, 5.74) is 14.0. The highest BCUT2D eigenvalue weighted by molar-refractivity contribution is 6.14. The van der Waals surface area contributed by atoms with Crippen LogP contribution in [-0.4, -0.2) is 17.7 Å².